The maximum absolute atomic E-state index is 10.2. The Morgan fingerprint density at radius 3 is 2.06 bits per heavy atom. The van der Waals surface area contributed by atoms with Crippen molar-refractivity contribution in [3.05, 3.63) is 0 Å². The highest BCUT2D eigenvalue weighted by molar-refractivity contribution is 7.80. The fourth-order valence-corrected chi connectivity index (χ4v) is 1.42. The molecule has 0 rings (SSSR count). The lowest BCUT2D eigenvalue weighted by Crippen LogP contribution is -2.38. The van der Waals surface area contributed by atoms with Gasteiger partial charge >= 0.3 is 10.4 Å². The Hall–Kier alpha value is -0.290. The van der Waals surface area contributed by atoms with Crippen LogP contribution < -0.4 is 0 Å². The molecule has 0 saturated heterocycles. The smallest absolute Gasteiger partial charge is 0.395 e. The molecule has 98 valence electrons. The Bertz CT molecular complexity index is 262. The van der Waals surface area contributed by atoms with Gasteiger partial charge in [-0.15, -0.1) is 0 Å². The molecule has 0 aromatic heterocycles. The van der Waals surface area contributed by atoms with Gasteiger partial charge in [0.1, 0.15) is 0 Å². The lowest BCUT2D eigenvalue weighted by atomic mass is 10.3. The lowest BCUT2D eigenvalue weighted by molar-refractivity contribution is 0.0533. The molecular formula is C7H17NO7S. The van der Waals surface area contributed by atoms with E-state index in [0.29, 0.717) is 0 Å². The number of hydrogen-bond donors (Lipinski definition) is 4. The van der Waals surface area contributed by atoms with Gasteiger partial charge in [0.25, 0.3) is 0 Å². The van der Waals surface area contributed by atoms with Crippen LogP contribution in [0.3, 0.4) is 0 Å². The molecule has 0 aromatic carbocycles. The average Bonchev–Trinajstić information content (AvgIpc) is 2.14. The van der Waals surface area contributed by atoms with Gasteiger partial charge in [-0.2, -0.15) is 8.42 Å². The third-order valence-corrected chi connectivity index (χ3v) is 2.14. The van der Waals surface area contributed by atoms with Crippen molar-refractivity contribution >= 4 is 10.4 Å². The second-order valence-electron chi connectivity index (χ2n) is 3.11. The van der Waals surface area contributed by atoms with Crippen molar-refractivity contribution in [1.82, 2.24) is 4.90 Å². The summed E-state index contributed by atoms with van der Waals surface area (Å²) in [4.78, 5) is 1.53. The predicted molar refractivity (Wildman–Crippen MR) is 54.1 cm³/mol. The number of aliphatic hydroxyl groups is 3. The van der Waals surface area contributed by atoms with Crippen LogP contribution in [-0.2, 0) is 14.6 Å². The van der Waals surface area contributed by atoms with Gasteiger partial charge in [-0.3, -0.25) is 9.45 Å². The number of hydrogen-bond acceptors (Lipinski definition) is 7. The summed E-state index contributed by atoms with van der Waals surface area (Å²) < 4.78 is 32.6. The van der Waals surface area contributed by atoms with E-state index >= 15 is 0 Å². The maximum atomic E-state index is 10.2. The molecule has 1 atom stereocenters. The van der Waals surface area contributed by atoms with E-state index in [2.05, 4.69) is 4.18 Å². The molecule has 0 spiro atoms. The first kappa shape index (κ1) is 15.7. The minimum atomic E-state index is -4.56. The molecule has 4 N–H and O–H groups in total. The summed E-state index contributed by atoms with van der Waals surface area (Å²) in [6.07, 6.45) is -1.14. The number of nitrogens with zero attached hydrogens (tertiary/aromatic N) is 1. The Morgan fingerprint density at radius 2 is 1.69 bits per heavy atom. The average molecular weight is 259 g/mol. The van der Waals surface area contributed by atoms with Crippen molar-refractivity contribution in [2.45, 2.75) is 6.10 Å². The fourth-order valence-electron chi connectivity index (χ4n) is 1.09. The quantitative estimate of drug-likeness (QED) is 0.333. The first-order valence-corrected chi connectivity index (χ1v) is 5.99. The van der Waals surface area contributed by atoms with Crippen LogP contribution in [0.25, 0.3) is 0 Å². The summed E-state index contributed by atoms with van der Waals surface area (Å²) in [5, 5.41) is 26.7. The molecule has 0 amide bonds. The van der Waals surface area contributed by atoms with Crippen molar-refractivity contribution in [3.63, 3.8) is 0 Å². The Kier molecular flexibility index (Phi) is 7.76. The second-order valence-corrected chi connectivity index (χ2v) is 4.21. The van der Waals surface area contributed by atoms with Gasteiger partial charge in [-0.05, 0) is 0 Å². The Balaban J connectivity index is 3.94. The Morgan fingerprint density at radius 1 is 1.19 bits per heavy atom. The summed E-state index contributed by atoms with van der Waals surface area (Å²) in [6, 6.07) is 0. The molecule has 0 heterocycles. The Labute approximate surface area is 94.0 Å². The van der Waals surface area contributed by atoms with E-state index in [0.717, 1.165) is 0 Å². The minimum absolute atomic E-state index is 0.0244. The van der Waals surface area contributed by atoms with Crippen LogP contribution in [-0.4, -0.2) is 78.7 Å². The van der Waals surface area contributed by atoms with Crippen LogP contribution in [0, 0.1) is 0 Å². The molecule has 8 nitrogen and oxygen atoms in total. The lowest BCUT2D eigenvalue weighted by Gasteiger charge is -2.22. The zero-order chi connectivity index (χ0) is 12.6. The molecule has 0 fully saturated rings. The van der Waals surface area contributed by atoms with E-state index in [1.165, 1.54) is 4.90 Å². The molecule has 0 saturated carbocycles. The molecule has 0 aliphatic heterocycles. The summed E-state index contributed by atoms with van der Waals surface area (Å²) in [5.41, 5.74) is 0. The van der Waals surface area contributed by atoms with Crippen molar-refractivity contribution in [2.24, 2.45) is 0 Å². The second kappa shape index (κ2) is 7.90. The van der Waals surface area contributed by atoms with E-state index in [1.54, 1.807) is 0 Å². The highest BCUT2D eigenvalue weighted by Crippen LogP contribution is 1.96. The van der Waals surface area contributed by atoms with Crippen molar-refractivity contribution in [3.8, 4) is 0 Å². The van der Waals surface area contributed by atoms with Crippen LogP contribution in [0.1, 0.15) is 0 Å². The fraction of sp³-hybridized carbons (Fsp3) is 1.00. The number of rotatable bonds is 9. The first-order valence-electron chi connectivity index (χ1n) is 4.63. The number of aliphatic hydroxyl groups excluding tert-OH is 3. The van der Waals surface area contributed by atoms with Crippen LogP contribution in [0.15, 0.2) is 0 Å². The molecular weight excluding hydrogens is 242 g/mol. The van der Waals surface area contributed by atoms with Crippen LogP contribution in [0.5, 0.6) is 0 Å². The molecule has 1 unspecified atom stereocenters. The molecule has 0 bridgehead atoms. The summed E-state index contributed by atoms with van der Waals surface area (Å²) in [5.74, 6) is 0. The van der Waals surface area contributed by atoms with Crippen molar-refractivity contribution < 1.29 is 32.5 Å². The molecule has 0 aliphatic rings. The summed E-state index contributed by atoms with van der Waals surface area (Å²) >= 11 is 0. The maximum Gasteiger partial charge on any atom is 0.397 e. The zero-order valence-electron chi connectivity index (χ0n) is 8.69. The first-order chi connectivity index (χ1) is 7.39. The van der Waals surface area contributed by atoms with E-state index in [9.17, 15) is 13.5 Å². The molecule has 0 aromatic rings. The van der Waals surface area contributed by atoms with Gasteiger partial charge in [0.15, 0.2) is 0 Å². The van der Waals surface area contributed by atoms with Crippen LogP contribution in [0.2, 0.25) is 0 Å². The van der Waals surface area contributed by atoms with Crippen molar-refractivity contribution in [1.29, 1.82) is 0 Å². The van der Waals surface area contributed by atoms with Gasteiger partial charge < -0.3 is 15.3 Å². The third kappa shape index (κ3) is 8.97. The van der Waals surface area contributed by atoms with Gasteiger partial charge in [0.2, 0.25) is 0 Å². The summed E-state index contributed by atoms with van der Waals surface area (Å²) in [6.45, 7) is -0.367. The standard InChI is InChI=1S/C7H17NO7S/c9-3-1-8(2-4-10)5-7(11)6-15-16(12,13)14/h7,9-11H,1-6H2,(H,12,13,14). The molecule has 0 aliphatic carbocycles. The van der Waals surface area contributed by atoms with Crippen molar-refractivity contribution in [2.75, 3.05) is 39.5 Å². The SMILES string of the molecule is O=S(=O)(O)OCC(O)CN(CCO)CCO. The van der Waals surface area contributed by atoms with E-state index in [-0.39, 0.29) is 32.8 Å². The molecule has 0 radical (unpaired) electrons. The normalized spacial score (nSPS) is 14.3. The van der Waals surface area contributed by atoms with Crippen LogP contribution in [0.4, 0.5) is 0 Å². The largest absolute Gasteiger partial charge is 0.397 e. The molecule has 16 heavy (non-hydrogen) atoms. The van der Waals surface area contributed by atoms with E-state index < -0.39 is 23.1 Å². The van der Waals surface area contributed by atoms with Gasteiger partial charge in [-0.1, -0.05) is 0 Å². The van der Waals surface area contributed by atoms with Gasteiger partial charge in [0, 0.05) is 19.6 Å². The zero-order valence-corrected chi connectivity index (χ0v) is 9.51. The van der Waals surface area contributed by atoms with E-state index in [4.69, 9.17) is 14.8 Å². The highest BCUT2D eigenvalue weighted by atomic mass is 32.3. The van der Waals surface area contributed by atoms with Crippen LogP contribution >= 0.6 is 0 Å². The van der Waals surface area contributed by atoms with Gasteiger partial charge in [-0.25, -0.2) is 4.18 Å². The third-order valence-electron chi connectivity index (χ3n) is 1.71. The van der Waals surface area contributed by atoms with E-state index in [1.807, 2.05) is 0 Å². The molecule has 9 heteroatoms. The minimum Gasteiger partial charge on any atom is -0.395 e. The predicted octanol–water partition coefficient (Wildman–Crippen LogP) is -2.55. The topological polar surface area (TPSA) is 128 Å². The monoisotopic (exact) mass is 259 g/mol. The van der Waals surface area contributed by atoms with Gasteiger partial charge in [0.05, 0.1) is 25.9 Å². The summed E-state index contributed by atoms with van der Waals surface area (Å²) in [7, 11) is -4.56. The highest BCUT2D eigenvalue weighted by Gasteiger charge is 2.14.